The van der Waals surface area contributed by atoms with Crippen LogP contribution in [-0.2, 0) is 4.79 Å². The summed E-state index contributed by atoms with van der Waals surface area (Å²) in [5.41, 5.74) is 1.61. The van der Waals surface area contributed by atoms with Crippen LogP contribution in [0.15, 0.2) is 78.3 Å². The first-order chi connectivity index (χ1) is 17.0. The van der Waals surface area contributed by atoms with Crippen LogP contribution in [0.3, 0.4) is 0 Å². The second-order valence-electron chi connectivity index (χ2n) is 7.13. The van der Waals surface area contributed by atoms with Crippen LogP contribution in [0, 0.1) is 0 Å². The maximum atomic E-state index is 12.4. The van der Waals surface area contributed by atoms with Crippen LogP contribution < -0.4 is 10.1 Å². The predicted octanol–water partition coefficient (Wildman–Crippen LogP) is 6.03. The molecule has 5 rings (SSSR count). The lowest BCUT2D eigenvalue weighted by Crippen LogP contribution is -2.19. The Hall–Kier alpha value is -3.54. The van der Waals surface area contributed by atoms with E-state index in [9.17, 15) is 9.59 Å². The first-order valence-corrected chi connectivity index (χ1v) is 12.9. The topological polar surface area (TPSA) is 114 Å². The molecule has 1 fully saturated rings. The third-order valence-corrected chi connectivity index (χ3v) is 7.62. The van der Waals surface area contributed by atoms with Gasteiger partial charge >= 0.3 is 5.97 Å². The monoisotopic (exact) mass is 523 g/mol. The van der Waals surface area contributed by atoms with Crippen molar-refractivity contribution in [3.05, 3.63) is 70.8 Å². The number of aliphatic imine (C=N–C) groups is 1. The minimum absolute atomic E-state index is 0.172. The van der Waals surface area contributed by atoms with Crippen molar-refractivity contribution in [2.24, 2.45) is 4.99 Å². The number of nitrogens with zero attached hydrogens (tertiary/aromatic N) is 2. The number of fused-ring (bicyclic) bond motifs is 1. The van der Waals surface area contributed by atoms with Gasteiger partial charge in [0.15, 0.2) is 14.6 Å². The Kier molecular flexibility index (Phi) is 6.62. The van der Waals surface area contributed by atoms with E-state index in [4.69, 9.17) is 14.3 Å². The molecule has 176 valence electrons. The standard InChI is InChI=1S/C24H17N3O5S3/c1-2-31-15-7-9-17-18(11-15)34-24(26-17)35-20-10-8-16(32-20)12-19-21(28)27-23(33-19)25-14-5-3-13(4-6-14)22(29)30/h3-12H,2H2,1H3,(H,29,30)(H,25,27,28)/b19-12-. The van der Waals surface area contributed by atoms with Gasteiger partial charge < -0.3 is 19.6 Å². The van der Waals surface area contributed by atoms with E-state index in [1.165, 1.54) is 35.7 Å². The molecule has 1 aliphatic rings. The fourth-order valence-electron chi connectivity index (χ4n) is 3.14. The molecule has 11 heteroatoms. The summed E-state index contributed by atoms with van der Waals surface area (Å²) in [4.78, 5) is 32.8. The molecular formula is C24H17N3O5S3. The summed E-state index contributed by atoms with van der Waals surface area (Å²) in [7, 11) is 0. The number of benzene rings is 2. The lowest BCUT2D eigenvalue weighted by Gasteiger charge is -2.00. The van der Waals surface area contributed by atoms with Crippen molar-refractivity contribution in [1.29, 1.82) is 0 Å². The zero-order chi connectivity index (χ0) is 24.4. The van der Waals surface area contributed by atoms with Crippen molar-refractivity contribution in [3.63, 3.8) is 0 Å². The van der Waals surface area contributed by atoms with Crippen LogP contribution in [0.1, 0.15) is 23.0 Å². The van der Waals surface area contributed by atoms with Gasteiger partial charge in [0.1, 0.15) is 11.5 Å². The fourth-order valence-corrected chi connectivity index (χ4v) is 5.96. The largest absolute Gasteiger partial charge is 0.494 e. The highest BCUT2D eigenvalue weighted by Crippen LogP contribution is 2.37. The van der Waals surface area contributed by atoms with Gasteiger partial charge in [-0.1, -0.05) is 0 Å². The molecule has 2 N–H and O–H groups in total. The Labute approximate surface area is 212 Å². The van der Waals surface area contributed by atoms with Crippen LogP contribution in [0.25, 0.3) is 16.3 Å². The molecule has 0 spiro atoms. The molecule has 2 aromatic heterocycles. The lowest BCUT2D eigenvalue weighted by atomic mass is 10.2. The maximum absolute atomic E-state index is 12.4. The fraction of sp³-hybridized carbons (Fsp3) is 0.0833. The minimum Gasteiger partial charge on any atom is -0.494 e. The summed E-state index contributed by atoms with van der Waals surface area (Å²) in [6.07, 6.45) is 1.66. The SMILES string of the molecule is CCOc1ccc2nc(Sc3ccc(/C=C4\SC(=Nc5ccc(C(=O)O)cc5)NC4=O)o3)sc2c1. The summed E-state index contributed by atoms with van der Waals surface area (Å²) in [6.45, 7) is 2.56. The Balaban J connectivity index is 1.27. The highest BCUT2D eigenvalue weighted by atomic mass is 32.2. The van der Waals surface area contributed by atoms with Gasteiger partial charge in [0.25, 0.3) is 5.91 Å². The summed E-state index contributed by atoms with van der Waals surface area (Å²) in [5, 5.41) is 12.8. The summed E-state index contributed by atoms with van der Waals surface area (Å²) in [6, 6.07) is 15.6. The Morgan fingerprint density at radius 2 is 2.06 bits per heavy atom. The number of carboxylic acid groups (broad SMARTS) is 1. The van der Waals surface area contributed by atoms with Crippen LogP contribution in [-0.4, -0.2) is 33.7 Å². The smallest absolute Gasteiger partial charge is 0.335 e. The molecular weight excluding hydrogens is 506 g/mol. The second-order valence-corrected chi connectivity index (χ2v) is 10.4. The van der Waals surface area contributed by atoms with Gasteiger partial charge in [0.2, 0.25) is 0 Å². The Bertz CT molecular complexity index is 1490. The first kappa shape index (κ1) is 23.2. The van der Waals surface area contributed by atoms with Gasteiger partial charge in [0.05, 0.1) is 33.0 Å². The van der Waals surface area contributed by atoms with Crippen molar-refractivity contribution in [3.8, 4) is 5.75 Å². The number of carbonyl (C=O) groups is 2. The van der Waals surface area contributed by atoms with Crippen LogP contribution >= 0.6 is 34.9 Å². The number of carboxylic acids is 1. The highest BCUT2D eigenvalue weighted by molar-refractivity contribution is 8.18. The van der Waals surface area contributed by atoms with Crippen molar-refractivity contribution in [2.45, 2.75) is 16.4 Å². The van der Waals surface area contributed by atoms with Crippen LogP contribution in [0.2, 0.25) is 0 Å². The number of aromatic nitrogens is 1. The highest BCUT2D eigenvalue weighted by Gasteiger charge is 2.24. The second kappa shape index (κ2) is 9.98. The number of nitrogens with one attached hydrogen (secondary N) is 1. The van der Waals surface area contributed by atoms with E-state index in [2.05, 4.69) is 15.3 Å². The van der Waals surface area contributed by atoms with E-state index in [-0.39, 0.29) is 11.5 Å². The van der Waals surface area contributed by atoms with E-state index in [0.717, 1.165) is 20.3 Å². The number of furan rings is 1. The molecule has 4 aromatic rings. The van der Waals surface area contributed by atoms with E-state index in [1.807, 2.05) is 31.2 Å². The molecule has 8 nitrogen and oxygen atoms in total. The number of aromatic carboxylic acids is 1. The number of hydrogen-bond donors (Lipinski definition) is 2. The van der Waals surface area contributed by atoms with E-state index < -0.39 is 5.97 Å². The molecule has 0 saturated carbocycles. The molecule has 1 amide bonds. The van der Waals surface area contributed by atoms with Crippen LogP contribution in [0.5, 0.6) is 5.75 Å². The number of carbonyl (C=O) groups excluding carboxylic acids is 1. The number of thioether (sulfide) groups is 1. The number of amidine groups is 1. The number of thiazole rings is 1. The molecule has 1 saturated heterocycles. The predicted molar refractivity (Wildman–Crippen MR) is 138 cm³/mol. The van der Waals surface area contributed by atoms with Crippen LogP contribution in [0.4, 0.5) is 5.69 Å². The Morgan fingerprint density at radius 1 is 1.23 bits per heavy atom. The van der Waals surface area contributed by atoms with Crippen molar-refractivity contribution in [2.75, 3.05) is 6.61 Å². The van der Waals surface area contributed by atoms with Gasteiger partial charge in [0, 0.05) is 6.08 Å². The minimum atomic E-state index is -1.01. The van der Waals surface area contributed by atoms with Crippen molar-refractivity contribution in [1.82, 2.24) is 10.3 Å². The lowest BCUT2D eigenvalue weighted by molar-refractivity contribution is -0.115. The van der Waals surface area contributed by atoms with Gasteiger partial charge in [-0.3, -0.25) is 4.79 Å². The van der Waals surface area contributed by atoms with Crippen molar-refractivity contribution < 1.29 is 23.8 Å². The first-order valence-electron chi connectivity index (χ1n) is 10.4. The Morgan fingerprint density at radius 3 is 2.83 bits per heavy atom. The summed E-state index contributed by atoms with van der Waals surface area (Å²) >= 11 is 4.16. The molecule has 0 aliphatic carbocycles. The van der Waals surface area contributed by atoms with E-state index in [0.29, 0.717) is 33.2 Å². The van der Waals surface area contributed by atoms with E-state index >= 15 is 0 Å². The third kappa shape index (κ3) is 5.42. The average Bonchev–Trinajstić information content (AvgIpc) is 3.53. The number of rotatable bonds is 7. The number of ether oxygens (including phenoxy) is 1. The summed E-state index contributed by atoms with van der Waals surface area (Å²) in [5.74, 6) is 0.0715. The molecule has 3 heterocycles. The van der Waals surface area contributed by atoms with Gasteiger partial charge in [-0.2, -0.15) is 0 Å². The molecule has 0 bridgehead atoms. The molecule has 2 aromatic carbocycles. The zero-order valence-electron chi connectivity index (χ0n) is 18.2. The average molecular weight is 524 g/mol. The quantitative estimate of drug-likeness (QED) is 0.282. The number of amides is 1. The normalized spacial score (nSPS) is 15.7. The van der Waals surface area contributed by atoms with Gasteiger partial charge in [-0.25, -0.2) is 14.8 Å². The van der Waals surface area contributed by atoms with Gasteiger partial charge in [-0.15, -0.1) is 11.3 Å². The molecule has 0 atom stereocenters. The number of hydrogen-bond acceptors (Lipinski definition) is 9. The third-order valence-electron chi connectivity index (χ3n) is 4.71. The maximum Gasteiger partial charge on any atom is 0.335 e. The zero-order valence-corrected chi connectivity index (χ0v) is 20.6. The molecule has 35 heavy (non-hydrogen) atoms. The molecule has 0 radical (unpaired) electrons. The molecule has 1 aliphatic heterocycles. The summed E-state index contributed by atoms with van der Waals surface area (Å²) < 4.78 is 13.3. The molecule has 0 unspecified atom stereocenters. The van der Waals surface area contributed by atoms with Crippen molar-refractivity contribution >= 4 is 73.9 Å². The van der Waals surface area contributed by atoms with E-state index in [1.54, 1.807) is 35.6 Å². The van der Waals surface area contributed by atoms with Gasteiger partial charge in [-0.05, 0) is 85.0 Å².